The third-order valence-corrected chi connectivity index (χ3v) is 3.74. The van der Waals surface area contributed by atoms with Crippen LogP contribution in [0.2, 0.25) is 0 Å². The van der Waals surface area contributed by atoms with Gasteiger partial charge >= 0.3 is 0 Å². The van der Waals surface area contributed by atoms with E-state index in [0.29, 0.717) is 0 Å². The Morgan fingerprint density at radius 2 is 1.62 bits per heavy atom. The summed E-state index contributed by atoms with van der Waals surface area (Å²) >= 11 is 0. The standard InChI is InChI=1S/C14H15N7/c1-2-14(18-21-6-5-16-13(1)21)20-9-7-19(8-10-20)12-3-4-15-11-17-12/h1-6,11H,7-10H2. The van der Waals surface area contributed by atoms with E-state index >= 15 is 0 Å². The SMILES string of the molecule is c1cc(N2CCN(c3ccc4nccn4n3)CC2)ncn1. The summed E-state index contributed by atoms with van der Waals surface area (Å²) in [7, 11) is 0. The van der Waals surface area contributed by atoms with E-state index in [0.717, 1.165) is 43.5 Å². The van der Waals surface area contributed by atoms with Gasteiger partial charge < -0.3 is 9.80 Å². The molecule has 0 bridgehead atoms. The highest BCUT2D eigenvalue weighted by Gasteiger charge is 2.19. The normalized spacial score (nSPS) is 15.6. The number of anilines is 2. The van der Waals surface area contributed by atoms with Gasteiger partial charge in [-0.2, -0.15) is 0 Å². The third kappa shape index (κ3) is 2.26. The first kappa shape index (κ1) is 12.1. The maximum Gasteiger partial charge on any atom is 0.153 e. The Hall–Kier alpha value is -2.70. The quantitative estimate of drug-likeness (QED) is 0.694. The molecule has 1 saturated heterocycles. The van der Waals surface area contributed by atoms with Gasteiger partial charge in [0.05, 0.1) is 0 Å². The molecular weight excluding hydrogens is 266 g/mol. The molecule has 1 aliphatic heterocycles. The second-order valence-corrected chi connectivity index (χ2v) is 4.96. The Kier molecular flexibility index (Phi) is 2.88. The molecule has 3 aromatic heterocycles. The summed E-state index contributed by atoms with van der Waals surface area (Å²) in [5, 5.41) is 4.59. The van der Waals surface area contributed by atoms with Crippen LogP contribution in [0.25, 0.3) is 5.65 Å². The summed E-state index contributed by atoms with van der Waals surface area (Å²) < 4.78 is 1.81. The topological polar surface area (TPSA) is 62.5 Å². The largest absolute Gasteiger partial charge is 0.353 e. The highest BCUT2D eigenvalue weighted by Crippen LogP contribution is 2.17. The molecule has 1 aliphatic rings. The van der Waals surface area contributed by atoms with Crippen molar-refractivity contribution in [3.8, 4) is 0 Å². The molecule has 7 nitrogen and oxygen atoms in total. The van der Waals surface area contributed by atoms with Crippen LogP contribution in [0.1, 0.15) is 0 Å². The van der Waals surface area contributed by atoms with Crippen molar-refractivity contribution in [1.29, 1.82) is 0 Å². The number of hydrogen-bond acceptors (Lipinski definition) is 6. The molecule has 4 heterocycles. The van der Waals surface area contributed by atoms with Crippen molar-refractivity contribution < 1.29 is 0 Å². The van der Waals surface area contributed by atoms with E-state index in [2.05, 4.69) is 29.9 Å². The van der Waals surface area contributed by atoms with Crippen molar-refractivity contribution in [2.75, 3.05) is 36.0 Å². The van der Waals surface area contributed by atoms with Crippen molar-refractivity contribution in [2.45, 2.75) is 0 Å². The molecule has 4 rings (SSSR count). The molecule has 0 saturated carbocycles. The van der Waals surface area contributed by atoms with Crippen LogP contribution in [-0.2, 0) is 0 Å². The van der Waals surface area contributed by atoms with Gasteiger partial charge in [-0.1, -0.05) is 0 Å². The molecule has 0 unspecified atom stereocenters. The monoisotopic (exact) mass is 281 g/mol. The van der Waals surface area contributed by atoms with E-state index in [4.69, 9.17) is 0 Å². The predicted molar refractivity (Wildman–Crippen MR) is 79.4 cm³/mol. The second-order valence-electron chi connectivity index (χ2n) is 4.96. The van der Waals surface area contributed by atoms with Crippen LogP contribution in [0, 0.1) is 0 Å². The first-order valence-electron chi connectivity index (χ1n) is 6.96. The zero-order chi connectivity index (χ0) is 14.1. The fourth-order valence-electron chi connectivity index (χ4n) is 2.61. The minimum atomic E-state index is 0.873. The lowest BCUT2D eigenvalue weighted by molar-refractivity contribution is 0.635. The fraction of sp³-hybridized carbons (Fsp3) is 0.286. The Balaban J connectivity index is 1.49. The van der Waals surface area contributed by atoms with Gasteiger partial charge in [0, 0.05) is 44.8 Å². The number of piperazine rings is 1. The molecular formula is C14H15N7. The molecule has 0 amide bonds. The Morgan fingerprint density at radius 1 is 0.810 bits per heavy atom. The van der Waals surface area contributed by atoms with E-state index in [-0.39, 0.29) is 0 Å². The smallest absolute Gasteiger partial charge is 0.153 e. The molecule has 0 aromatic carbocycles. The average molecular weight is 281 g/mol. The van der Waals surface area contributed by atoms with Crippen LogP contribution < -0.4 is 9.80 Å². The summed E-state index contributed by atoms with van der Waals surface area (Å²) in [6.07, 6.45) is 7.01. The van der Waals surface area contributed by atoms with Crippen LogP contribution in [0.3, 0.4) is 0 Å². The first-order valence-corrected chi connectivity index (χ1v) is 6.96. The molecule has 0 spiro atoms. The highest BCUT2D eigenvalue weighted by molar-refractivity contribution is 5.48. The summed E-state index contributed by atoms with van der Waals surface area (Å²) in [6, 6.07) is 5.98. The number of fused-ring (bicyclic) bond motifs is 1. The van der Waals surface area contributed by atoms with Crippen molar-refractivity contribution in [2.24, 2.45) is 0 Å². The molecule has 0 radical (unpaired) electrons. The Labute approximate surface area is 121 Å². The third-order valence-electron chi connectivity index (χ3n) is 3.74. The lowest BCUT2D eigenvalue weighted by atomic mass is 10.3. The van der Waals surface area contributed by atoms with Gasteiger partial charge in [0.15, 0.2) is 5.65 Å². The van der Waals surface area contributed by atoms with Gasteiger partial charge in [-0.05, 0) is 18.2 Å². The fourth-order valence-corrected chi connectivity index (χ4v) is 2.61. The van der Waals surface area contributed by atoms with Gasteiger partial charge in [-0.25, -0.2) is 19.5 Å². The second kappa shape index (κ2) is 5.01. The maximum absolute atomic E-state index is 4.59. The first-order chi connectivity index (χ1) is 10.4. The molecule has 7 heteroatoms. The number of aromatic nitrogens is 5. The number of nitrogens with zero attached hydrogens (tertiary/aromatic N) is 7. The van der Waals surface area contributed by atoms with Crippen molar-refractivity contribution in [1.82, 2.24) is 24.6 Å². The van der Waals surface area contributed by atoms with Crippen molar-refractivity contribution in [3.05, 3.63) is 43.1 Å². The van der Waals surface area contributed by atoms with E-state index < -0.39 is 0 Å². The molecule has 106 valence electrons. The van der Waals surface area contributed by atoms with Crippen LogP contribution in [0.15, 0.2) is 43.1 Å². The average Bonchev–Trinajstić information content (AvgIpc) is 3.03. The van der Waals surface area contributed by atoms with E-state index in [9.17, 15) is 0 Å². The predicted octanol–water partition coefficient (Wildman–Crippen LogP) is 0.846. The minimum absolute atomic E-state index is 0.873. The van der Waals surface area contributed by atoms with Gasteiger partial charge in [0.2, 0.25) is 0 Å². The van der Waals surface area contributed by atoms with Gasteiger partial charge in [0.1, 0.15) is 18.0 Å². The minimum Gasteiger partial charge on any atom is -0.353 e. The Bertz CT molecular complexity index is 731. The van der Waals surface area contributed by atoms with Crippen LogP contribution >= 0.6 is 0 Å². The lowest BCUT2D eigenvalue weighted by Crippen LogP contribution is -2.47. The van der Waals surface area contributed by atoms with Crippen molar-refractivity contribution in [3.63, 3.8) is 0 Å². The number of hydrogen-bond donors (Lipinski definition) is 0. The molecule has 21 heavy (non-hydrogen) atoms. The molecule has 3 aromatic rings. The maximum atomic E-state index is 4.59. The van der Waals surface area contributed by atoms with E-state index in [1.807, 2.05) is 28.9 Å². The van der Waals surface area contributed by atoms with Gasteiger partial charge in [-0.15, -0.1) is 5.10 Å². The summed E-state index contributed by atoms with van der Waals surface area (Å²) in [5.74, 6) is 1.98. The molecule has 0 aliphatic carbocycles. The number of rotatable bonds is 2. The van der Waals surface area contributed by atoms with Gasteiger partial charge in [-0.3, -0.25) is 0 Å². The van der Waals surface area contributed by atoms with E-state index in [1.54, 1.807) is 18.7 Å². The zero-order valence-electron chi connectivity index (χ0n) is 11.5. The van der Waals surface area contributed by atoms with Gasteiger partial charge in [0.25, 0.3) is 0 Å². The molecule has 0 N–H and O–H groups in total. The highest BCUT2D eigenvalue weighted by atomic mass is 15.4. The van der Waals surface area contributed by atoms with Crippen LogP contribution in [0.5, 0.6) is 0 Å². The van der Waals surface area contributed by atoms with E-state index in [1.165, 1.54) is 0 Å². The Morgan fingerprint density at radius 3 is 2.38 bits per heavy atom. The molecule has 0 atom stereocenters. The summed E-state index contributed by atoms with van der Waals surface area (Å²) in [4.78, 5) is 17.0. The van der Waals surface area contributed by atoms with Crippen molar-refractivity contribution >= 4 is 17.3 Å². The van der Waals surface area contributed by atoms with Crippen LogP contribution in [0.4, 0.5) is 11.6 Å². The number of imidazole rings is 1. The summed E-state index contributed by atoms with van der Waals surface area (Å²) in [6.45, 7) is 3.72. The summed E-state index contributed by atoms with van der Waals surface area (Å²) in [5.41, 5.74) is 0.873. The van der Waals surface area contributed by atoms with Crippen LogP contribution in [-0.4, -0.2) is 50.7 Å². The molecule has 1 fully saturated rings. The zero-order valence-corrected chi connectivity index (χ0v) is 11.5. The lowest BCUT2D eigenvalue weighted by Gasteiger charge is -2.35.